The summed E-state index contributed by atoms with van der Waals surface area (Å²) in [6.45, 7) is 8.40. The maximum atomic E-state index is 12.4. The summed E-state index contributed by atoms with van der Waals surface area (Å²) in [7, 11) is 1.90. The molecule has 2 unspecified atom stereocenters. The molecule has 2 aliphatic rings. The second kappa shape index (κ2) is 7.22. The highest BCUT2D eigenvalue weighted by atomic mass is 16.5. The van der Waals surface area contributed by atoms with Crippen LogP contribution in [0.15, 0.2) is 0 Å². The first kappa shape index (κ1) is 14.8. The Bertz CT molecular complexity index is 292. The minimum absolute atomic E-state index is 0.0790. The summed E-state index contributed by atoms with van der Waals surface area (Å²) in [5.74, 6) is 0.389. The molecule has 110 valence electrons. The summed E-state index contributed by atoms with van der Waals surface area (Å²) in [6.07, 6.45) is 2.29. The molecule has 1 amide bonds. The Morgan fingerprint density at radius 2 is 2.11 bits per heavy atom. The number of carbonyl (C=O) groups is 1. The van der Waals surface area contributed by atoms with E-state index in [0.29, 0.717) is 11.9 Å². The summed E-state index contributed by atoms with van der Waals surface area (Å²) >= 11 is 0. The van der Waals surface area contributed by atoms with Crippen molar-refractivity contribution in [2.75, 3.05) is 53.0 Å². The van der Waals surface area contributed by atoms with Gasteiger partial charge in [-0.1, -0.05) is 6.92 Å². The number of ether oxygens (including phenoxy) is 1. The lowest BCUT2D eigenvalue weighted by Gasteiger charge is -2.34. The van der Waals surface area contributed by atoms with Gasteiger partial charge in [0.05, 0.1) is 13.2 Å². The molecule has 19 heavy (non-hydrogen) atoms. The van der Waals surface area contributed by atoms with E-state index in [4.69, 9.17) is 4.74 Å². The molecular formula is C14H27N3O2. The Kier molecular flexibility index (Phi) is 5.60. The van der Waals surface area contributed by atoms with Crippen LogP contribution < -0.4 is 5.32 Å². The first-order valence-corrected chi connectivity index (χ1v) is 7.47. The number of morpholine rings is 1. The van der Waals surface area contributed by atoms with Crippen molar-refractivity contribution in [3.05, 3.63) is 0 Å². The lowest BCUT2D eigenvalue weighted by atomic mass is 10.1. The van der Waals surface area contributed by atoms with Crippen LogP contribution in [0.3, 0.4) is 0 Å². The summed E-state index contributed by atoms with van der Waals surface area (Å²) in [4.78, 5) is 17.0. The Balaban J connectivity index is 1.86. The van der Waals surface area contributed by atoms with Crippen molar-refractivity contribution in [3.63, 3.8) is 0 Å². The SMILES string of the molecule is CNCC(C)C(=O)N1CCCC1CN1CCOCC1. The van der Waals surface area contributed by atoms with Gasteiger partial charge in [0, 0.05) is 44.7 Å². The van der Waals surface area contributed by atoms with E-state index < -0.39 is 0 Å². The molecule has 1 N–H and O–H groups in total. The van der Waals surface area contributed by atoms with Gasteiger partial charge in [-0.15, -0.1) is 0 Å². The van der Waals surface area contributed by atoms with Crippen LogP contribution in [0.2, 0.25) is 0 Å². The second-order valence-electron chi connectivity index (χ2n) is 5.70. The van der Waals surface area contributed by atoms with Crippen LogP contribution in [0, 0.1) is 5.92 Å². The van der Waals surface area contributed by atoms with Crippen molar-refractivity contribution in [1.82, 2.24) is 15.1 Å². The second-order valence-corrected chi connectivity index (χ2v) is 5.70. The van der Waals surface area contributed by atoms with Gasteiger partial charge in [-0.2, -0.15) is 0 Å². The standard InChI is InChI=1S/C14H27N3O2/c1-12(10-15-2)14(18)17-5-3-4-13(17)11-16-6-8-19-9-7-16/h12-13,15H,3-11H2,1-2H3. The molecule has 2 aliphatic heterocycles. The fraction of sp³-hybridized carbons (Fsp3) is 0.929. The summed E-state index contributed by atoms with van der Waals surface area (Å²) in [5, 5.41) is 3.09. The Morgan fingerprint density at radius 3 is 2.79 bits per heavy atom. The predicted octanol–water partition coefficient (Wildman–Crippen LogP) is 0.165. The first-order valence-electron chi connectivity index (χ1n) is 7.47. The highest BCUT2D eigenvalue weighted by Crippen LogP contribution is 2.21. The van der Waals surface area contributed by atoms with Crippen LogP contribution in [-0.4, -0.2) is 74.7 Å². The van der Waals surface area contributed by atoms with Gasteiger partial charge in [-0.05, 0) is 19.9 Å². The lowest BCUT2D eigenvalue weighted by Crippen LogP contribution is -2.48. The fourth-order valence-electron chi connectivity index (χ4n) is 3.07. The van der Waals surface area contributed by atoms with Gasteiger partial charge in [0.1, 0.15) is 0 Å². The Labute approximate surface area is 116 Å². The molecule has 0 saturated carbocycles. The van der Waals surface area contributed by atoms with E-state index in [1.54, 1.807) is 0 Å². The topological polar surface area (TPSA) is 44.8 Å². The van der Waals surface area contributed by atoms with E-state index in [-0.39, 0.29) is 5.92 Å². The largest absolute Gasteiger partial charge is 0.379 e. The molecule has 5 nitrogen and oxygen atoms in total. The van der Waals surface area contributed by atoms with E-state index >= 15 is 0 Å². The van der Waals surface area contributed by atoms with Gasteiger partial charge >= 0.3 is 0 Å². The molecule has 2 saturated heterocycles. The molecule has 2 rings (SSSR count). The van der Waals surface area contributed by atoms with Gasteiger partial charge in [-0.25, -0.2) is 0 Å². The van der Waals surface area contributed by atoms with Crippen molar-refractivity contribution < 1.29 is 9.53 Å². The Hall–Kier alpha value is -0.650. The third-order valence-electron chi connectivity index (χ3n) is 4.16. The molecule has 0 aromatic heterocycles. The average Bonchev–Trinajstić information content (AvgIpc) is 2.87. The van der Waals surface area contributed by atoms with Crippen LogP contribution in [-0.2, 0) is 9.53 Å². The van der Waals surface area contributed by atoms with Crippen LogP contribution in [0.25, 0.3) is 0 Å². The van der Waals surface area contributed by atoms with Crippen LogP contribution in [0.1, 0.15) is 19.8 Å². The molecular weight excluding hydrogens is 242 g/mol. The van der Waals surface area contributed by atoms with E-state index in [2.05, 4.69) is 15.1 Å². The van der Waals surface area contributed by atoms with E-state index in [9.17, 15) is 4.79 Å². The van der Waals surface area contributed by atoms with Crippen LogP contribution in [0.5, 0.6) is 0 Å². The Morgan fingerprint density at radius 1 is 1.37 bits per heavy atom. The number of likely N-dealkylation sites (tertiary alicyclic amines) is 1. The minimum Gasteiger partial charge on any atom is -0.379 e. The third-order valence-corrected chi connectivity index (χ3v) is 4.16. The number of hydrogen-bond donors (Lipinski definition) is 1. The number of rotatable bonds is 5. The zero-order valence-electron chi connectivity index (χ0n) is 12.2. The number of nitrogens with one attached hydrogen (secondary N) is 1. The van der Waals surface area contributed by atoms with Crippen LogP contribution >= 0.6 is 0 Å². The van der Waals surface area contributed by atoms with Crippen molar-refractivity contribution in [3.8, 4) is 0 Å². The van der Waals surface area contributed by atoms with Gasteiger partial charge in [0.25, 0.3) is 0 Å². The van der Waals surface area contributed by atoms with Gasteiger partial charge in [-0.3, -0.25) is 9.69 Å². The highest BCUT2D eigenvalue weighted by Gasteiger charge is 2.32. The predicted molar refractivity (Wildman–Crippen MR) is 75.1 cm³/mol. The summed E-state index contributed by atoms with van der Waals surface area (Å²) in [6, 6.07) is 0.407. The molecule has 0 aromatic rings. The van der Waals surface area contributed by atoms with E-state index in [1.807, 2.05) is 14.0 Å². The normalized spacial score (nSPS) is 26.6. The van der Waals surface area contributed by atoms with Gasteiger partial charge in [0.15, 0.2) is 0 Å². The maximum absolute atomic E-state index is 12.4. The maximum Gasteiger partial charge on any atom is 0.226 e. The number of carbonyl (C=O) groups excluding carboxylic acids is 1. The molecule has 2 heterocycles. The summed E-state index contributed by atoms with van der Waals surface area (Å²) in [5.41, 5.74) is 0. The van der Waals surface area contributed by atoms with Crippen molar-refractivity contribution >= 4 is 5.91 Å². The van der Waals surface area contributed by atoms with Crippen molar-refractivity contribution in [2.24, 2.45) is 5.92 Å². The molecule has 2 fully saturated rings. The van der Waals surface area contributed by atoms with Crippen molar-refractivity contribution in [2.45, 2.75) is 25.8 Å². The van der Waals surface area contributed by atoms with Crippen LogP contribution in [0.4, 0.5) is 0 Å². The molecule has 5 heteroatoms. The van der Waals surface area contributed by atoms with E-state index in [1.165, 1.54) is 0 Å². The molecule has 0 aliphatic carbocycles. The van der Waals surface area contributed by atoms with Gasteiger partial charge in [0.2, 0.25) is 5.91 Å². The molecule has 0 spiro atoms. The molecule has 2 atom stereocenters. The molecule has 0 radical (unpaired) electrons. The fourth-order valence-corrected chi connectivity index (χ4v) is 3.07. The monoisotopic (exact) mass is 269 g/mol. The molecule has 0 aromatic carbocycles. The lowest BCUT2D eigenvalue weighted by molar-refractivity contribution is -0.136. The molecule has 0 bridgehead atoms. The zero-order chi connectivity index (χ0) is 13.7. The van der Waals surface area contributed by atoms with E-state index in [0.717, 1.165) is 58.8 Å². The third kappa shape index (κ3) is 3.91. The smallest absolute Gasteiger partial charge is 0.226 e. The quantitative estimate of drug-likeness (QED) is 0.772. The zero-order valence-corrected chi connectivity index (χ0v) is 12.2. The van der Waals surface area contributed by atoms with Gasteiger partial charge < -0.3 is 15.0 Å². The minimum atomic E-state index is 0.0790. The summed E-state index contributed by atoms with van der Waals surface area (Å²) < 4.78 is 5.38. The van der Waals surface area contributed by atoms with Crippen molar-refractivity contribution in [1.29, 1.82) is 0 Å². The number of nitrogens with zero attached hydrogens (tertiary/aromatic N) is 2. The highest BCUT2D eigenvalue weighted by molar-refractivity contribution is 5.79. The first-order chi connectivity index (χ1) is 9.22. The average molecular weight is 269 g/mol. The number of hydrogen-bond acceptors (Lipinski definition) is 4. The number of amides is 1.